The van der Waals surface area contributed by atoms with E-state index < -0.39 is 20.6 Å². The zero-order valence-electron chi connectivity index (χ0n) is 17.9. The molecule has 3 aromatic rings. The van der Waals surface area contributed by atoms with E-state index in [-0.39, 0.29) is 11.4 Å². The normalized spacial score (nSPS) is 11.3. The van der Waals surface area contributed by atoms with Crippen molar-refractivity contribution in [3.8, 4) is 5.75 Å². The van der Waals surface area contributed by atoms with Crippen molar-refractivity contribution < 1.29 is 37.5 Å². The summed E-state index contributed by atoms with van der Waals surface area (Å²) in [6, 6.07) is 18.9. The lowest BCUT2D eigenvalue weighted by molar-refractivity contribution is 0.00649. The summed E-state index contributed by atoms with van der Waals surface area (Å²) in [4.78, 5) is 29.3. The molecule has 0 saturated carbocycles. The summed E-state index contributed by atoms with van der Waals surface area (Å²) in [6.07, 6.45) is 1.41. The third-order valence-electron chi connectivity index (χ3n) is 4.82. The van der Waals surface area contributed by atoms with Crippen LogP contribution in [0.25, 0.3) is 0 Å². The zero-order chi connectivity index (χ0) is 23.8. The van der Waals surface area contributed by atoms with Gasteiger partial charge in [0.1, 0.15) is 18.2 Å². The minimum atomic E-state index is -4.70. The topological polar surface area (TPSA) is 102 Å². The summed E-state index contributed by atoms with van der Waals surface area (Å²) in [5, 5.41) is 0. The molecule has 0 aromatic heterocycles. The van der Waals surface area contributed by atoms with E-state index in [1.54, 1.807) is 30.3 Å². The molecule has 0 heterocycles. The Kier molecular flexibility index (Phi) is 8.36. The summed E-state index contributed by atoms with van der Waals surface area (Å²) >= 11 is 0. The highest BCUT2D eigenvalue weighted by Crippen LogP contribution is 2.35. The quantitative estimate of drug-likeness (QED) is 0.249. The fourth-order valence-electron chi connectivity index (χ4n) is 3.15. The van der Waals surface area contributed by atoms with Gasteiger partial charge in [0.05, 0.1) is 5.56 Å². The predicted molar refractivity (Wildman–Crippen MR) is 119 cm³/mol. The van der Waals surface area contributed by atoms with Crippen LogP contribution in [0.4, 0.5) is 4.39 Å². The number of esters is 1. The number of hydrogen-bond acceptors (Lipinski definition) is 5. The van der Waals surface area contributed by atoms with Crippen molar-refractivity contribution in [2.24, 2.45) is 0 Å². The molecular weight excluding hydrogens is 450 g/mol. The number of ether oxygens (including phenoxy) is 2. The van der Waals surface area contributed by atoms with Gasteiger partial charge in [0.2, 0.25) is 6.79 Å². The first-order chi connectivity index (χ1) is 15.7. The van der Waals surface area contributed by atoms with Crippen LogP contribution in [-0.4, -0.2) is 22.5 Å². The van der Waals surface area contributed by atoms with Gasteiger partial charge in [-0.3, -0.25) is 0 Å². The molecule has 0 aliphatic heterocycles. The molecule has 0 atom stereocenters. The summed E-state index contributed by atoms with van der Waals surface area (Å²) < 4.78 is 38.3. The van der Waals surface area contributed by atoms with Gasteiger partial charge in [-0.25, -0.2) is 18.3 Å². The number of phosphoric acid groups is 1. The van der Waals surface area contributed by atoms with Crippen LogP contribution in [0, 0.1) is 12.7 Å². The lowest BCUT2D eigenvalue weighted by Crippen LogP contribution is -2.08. The first-order valence-corrected chi connectivity index (χ1v) is 11.7. The van der Waals surface area contributed by atoms with Crippen molar-refractivity contribution >= 4 is 13.8 Å². The average molecular weight is 474 g/mol. The standard InChI is InChI=1S/C24H24FO7P/c1-17-13-19(9-12-23(17)30-15-20-7-10-22(25)11-8-20)6-5-18-3-2-4-21(14-18)24(26)31-16-32-33(27,28)29/h2-4,7-14H,5-6,15-16H2,1H3,(H2,27,28,29). The largest absolute Gasteiger partial charge is 0.489 e. The number of halogens is 1. The van der Waals surface area contributed by atoms with Gasteiger partial charge in [-0.1, -0.05) is 36.4 Å². The van der Waals surface area contributed by atoms with Crippen molar-refractivity contribution in [2.45, 2.75) is 26.4 Å². The molecule has 3 rings (SSSR count). The van der Waals surface area contributed by atoms with E-state index in [4.69, 9.17) is 19.3 Å². The molecule has 9 heteroatoms. The Morgan fingerprint density at radius 2 is 1.61 bits per heavy atom. The van der Waals surface area contributed by atoms with Gasteiger partial charge in [0.15, 0.2) is 0 Å². The second-order valence-electron chi connectivity index (χ2n) is 7.38. The molecule has 0 aliphatic rings. The molecule has 0 bridgehead atoms. The maximum absolute atomic E-state index is 13.0. The van der Waals surface area contributed by atoms with Gasteiger partial charge in [-0.15, -0.1) is 0 Å². The zero-order valence-corrected chi connectivity index (χ0v) is 18.8. The molecule has 0 amide bonds. The molecular formula is C24H24FO7P. The van der Waals surface area contributed by atoms with Crippen LogP contribution in [0.3, 0.4) is 0 Å². The molecule has 0 spiro atoms. The van der Waals surface area contributed by atoms with Crippen molar-refractivity contribution in [3.05, 3.63) is 100 Å². The van der Waals surface area contributed by atoms with Crippen LogP contribution in [0.5, 0.6) is 5.75 Å². The Balaban J connectivity index is 1.53. The van der Waals surface area contributed by atoms with Gasteiger partial charge in [-0.2, -0.15) is 0 Å². The number of rotatable bonds is 10. The first-order valence-electron chi connectivity index (χ1n) is 10.1. The van der Waals surface area contributed by atoms with E-state index in [9.17, 15) is 13.8 Å². The summed E-state index contributed by atoms with van der Waals surface area (Å²) in [6.45, 7) is 1.48. The average Bonchev–Trinajstić information content (AvgIpc) is 2.77. The lowest BCUT2D eigenvalue weighted by atomic mass is 10.0. The predicted octanol–water partition coefficient (Wildman–Crippen LogP) is 4.72. The summed E-state index contributed by atoms with van der Waals surface area (Å²) in [5.74, 6) is -0.259. The van der Waals surface area contributed by atoms with E-state index in [0.29, 0.717) is 13.0 Å². The number of hydrogen-bond donors (Lipinski definition) is 2. The van der Waals surface area contributed by atoms with Gasteiger partial charge in [-0.05, 0) is 72.4 Å². The van der Waals surface area contributed by atoms with E-state index in [1.165, 1.54) is 12.1 Å². The molecule has 0 radical (unpaired) electrons. The van der Waals surface area contributed by atoms with Crippen molar-refractivity contribution in [1.82, 2.24) is 0 Å². The number of benzene rings is 3. The van der Waals surface area contributed by atoms with Crippen molar-refractivity contribution in [3.63, 3.8) is 0 Å². The maximum atomic E-state index is 13.0. The van der Waals surface area contributed by atoms with Crippen LogP contribution in [0.2, 0.25) is 0 Å². The molecule has 174 valence electrons. The minimum absolute atomic E-state index is 0.266. The Morgan fingerprint density at radius 1 is 0.939 bits per heavy atom. The van der Waals surface area contributed by atoms with Crippen molar-refractivity contribution in [1.29, 1.82) is 0 Å². The van der Waals surface area contributed by atoms with Crippen LogP contribution in [0.15, 0.2) is 66.7 Å². The third-order valence-corrected chi connectivity index (χ3v) is 5.26. The summed E-state index contributed by atoms with van der Waals surface area (Å²) in [5.41, 5.74) is 4.14. The Hall–Kier alpha value is -3.03. The molecule has 0 saturated heterocycles. The molecule has 2 N–H and O–H groups in total. The van der Waals surface area contributed by atoms with E-state index >= 15 is 0 Å². The second kappa shape index (κ2) is 11.2. The first kappa shape index (κ1) is 24.6. The van der Waals surface area contributed by atoms with E-state index in [0.717, 1.165) is 34.4 Å². The van der Waals surface area contributed by atoms with Crippen LogP contribution in [0.1, 0.15) is 32.6 Å². The van der Waals surface area contributed by atoms with Crippen LogP contribution < -0.4 is 4.74 Å². The Labute approximate surface area is 191 Å². The molecule has 0 fully saturated rings. The van der Waals surface area contributed by atoms with Crippen molar-refractivity contribution in [2.75, 3.05) is 6.79 Å². The Morgan fingerprint density at radius 3 is 2.27 bits per heavy atom. The monoisotopic (exact) mass is 474 g/mol. The molecule has 7 nitrogen and oxygen atoms in total. The second-order valence-corrected chi connectivity index (χ2v) is 8.62. The number of aryl methyl sites for hydroxylation is 3. The number of phosphoric ester groups is 1. The van der Waals surface area contributed by atoms with E-state index in [1.807, 2.05) is 31.2 Å². The van der Waals surface area contributed by atoms with E-state index in [2.05, 4.69) is 4.52 Å². The highest BCUT2D eigenvalue weighted by molar-refractivity contribution is 7.46. The SMILES string of the molecule is Cc1cc(CCc2cccc(C(=O)OCOP(=O)(O)O)c2)ccc1OCc1ccc(F)cc1. The molecule has 0 aliphatic carbocycles. The van der Waals surface area contributed by atoms with Crippen LogP contribution >= 0.6 is 7.82 Å². The fourth-order valence-corrected chi connectivity index (χ4v) is 3.34. The number of carbonyl (C=O) groups excluding carboxylic acids is 1. The molecule has 3 aromatic carbocycles. The maximum Gasteiger partial charge on any atom is 0.472 e. The van der Waals surface area contributed by atoms with Gasteiger partial charge in [0.25, 0.3) is 0 Å². The smallest absolute Gasteiger partial charge is 0.472 e. The number of carbonyl (C=O) groups is 1. The van der Waals surface area contributed by atoms with Gasteiger partial charge < -0.3 is 19.3 Å². The third kappa shape index (κ3) is 8.11. The molecule has 0 unspecified atom stereocenters. The van der Waals surface area contributed by atoms with Gasteiger partial charge >= 0.3 is 13.8 Å². The van der Waals surface area contributed by atoms with Gasteiger partial charge in [0, 0.05) is 0 Å². The van der Waals surface area contributed by atoms with Crippen LogP contribution in [-0.2, 0) is 33.3 Å². The lowest BCUT2D eigenvalue weighted by Gasteiger charge is -2.11. The fraction of sp³-hybridized carbons (Fsp3) is 0.208. The molecule has 33 heavy (non-hydrogen) atoms. The summed E-state index contributed by atoms with van der Waals surface area (Å²) in [7, 11) is -4.70. The minimum Gasteiger partial charge on any atom is -0.489 e. The Bertz CT molecular complexity index is 1140. The highest BCUT2D eigenvalue weighted by atomic mass is 31.2. The highest BCUT2D eigenvalue weighted by Gasteiger charge is 2.16.